The molecule has 1 aliphatic heterocycles. The largest absolute Gasteiger partial charge is 0.396 e. The van der Waals surface area contributed by atoms with Crippen molar-refractivity contribution in [3.8, 4) is 0 Å². The van der Waals surface area contributed by atoms with Crippen molar-refractivity contribution in [3.63, 3.8) is 0 Å². The van der Waals surface area contributed by atoms with E-state index in [9.17, 15) is 9.59 Å². The Hall–Kier alpha value is -1.76. The molecule has 1 aromatic rings. The van der Waals surface area contributed by atoms with Crippen LogP contribution in [0.1, 0.15) is 13.3 Å². The number of pyridine rings is 1. The Morgan fingerprint density at radius 1 is 1.53 bits per heavy atom. The normalized spacial score (nSPS) is 18.9. The highest BCUT2D eigenvalue weighted by atomic mass is 32.2. The number of hydrogen-bond acceptors (Lipinski definition) is 6. The first kappa shape index (κ1) is 13.7. The van der Waals surface area contributed by atoms with Crippen LogP contribution in [-0.4, -0.2) is 28.3 Å². The maximum Gasteiger partial charge on any atom is 0.227 e. The lowest BCUT2D eigenvalue weighted by molar-refractivity contribution is -0.117. The van der Waals surface area contributed by atoms with Gasteiger partial charge in [0.05, 0.1) is 29.5 Å². The van der Waals surface area contributed by atoms with E-state index < -0.39 is 0 Å². The Kier molecular flexibility index (Phi) is 3.94. The minimum absolute atomic E-state index is 0.00625. The Morgan fingerprint density at radius 3 is 2.95 bits per heavy atom. The van der Waals surface area contributed by atoms with Gasteiger partial charge in [-0.25, -0.2) is 0 Å². The zero-order valence-corrected chi connectivity index (χ0v) is 11.4. The molecule has 1 aliphatic rings. The summed E-state index contributed by atoms with van der Waals surface area (Å²) in [5, 5.41) is 0.0658. The summed E-state index contributed by atoms with van der Waals surface area (Å²) in [5.41, 5.74) is 12.9. The second-order valence-electron chi connectivity index (χ2n) is 4.54. The van der Waals surface area contributed by atoms with Crippen molar-refractivity contribution in [3.05, 3.63) is 12.4 Å². The van der Waals surface area contributed by atoms with Crippen LogP contribution in [0.25, 0.3) is 0 Å². The molecule has 1 unspecified atom stereocenters. The lowest BCUT2D eigenvalue weighted by atomic mass is 10.1. The van der Waals surface area contributed by atoms with Gasteiger partial charge in [-0.2, -0.15) is 0 Å². The zero-order valence-electron chi connectivity index (χ0n) is 10.6. The van der Waals surface area contributed by atoms with Crippen LogP contribution >= 0.6 is 11.8 Å². The maximum absolute atomic E-state index is 12.0. The Labute approximate surface area is 115 Å². The molecule has 1 fully saturated rings. The molecule has 0 radical (unpaired) electrons. The topological polar surface area (TPSA) is 102 Å². The Morgan fingerprint density at radius 2 is 2.26 bits per heavy atom. The number of hydrogen-bond donors (Lipinski definition) is 2. The average Bonchev–Trinajstić information content (AvgIpc) is 2.71. The smallest absolute Gasteiger partial charge is 0.227 e. The Balaban J connectivity index is 2.11. The summed E-state index contributed by atoms with van der Waals surface area (Å²) in [6, 6.07) is 0. The van der Waals surface area contributed by atoms with Crippen LogP contribution in [0.2, 0.25) is 0 Å². The molecule has 1 atom stereocenters. The molecule has 0 spiro atoms. The van der Waals surface area contributed by atoms with E-state index in [2.05, 4.69) is 4.98 Å². The van der Waals surface area contributed by atoms with E-state index in [1.165, 1.54) is 24.9 Å². The predicted octanol–water partition coefficient (Wildman–Crippen LogP) is 0.879. The van der Waals surface area contributed by atoms with Gasteiger partial charge >= 0.3 is 0 Å². The fourth-order valence-corrected chi connectivity index (χ4v) is 2.75. The van der Waals surface area contributed by atoms with E-state index in [1.54, 1.807) is 11.1 Å². The van der Waals surface area contributed by atoms with Crippen LogP contribution < -0.4 is 16.4 Å². The summed E-state index contributed by atoms with van der Waals surface area (Å²) in [6.07, 6.45) is 3.43. The lowest BCUT2D eigenvalue weighted by Crippen LogP contribution is -2.26. The van der Waals surface area contributed by atoms with Crippen molar-refractivity contribution in [2.45, 2.75) is 13.3 Å². The lowest BCUT2D eigenvalue weighted by Gasteiger charge is -2.18. The van der Waals surface area contributed by atoms with E-state index in [-0.39, 0.29) is 16.9 Å². The molecule has 2 heterocycles. The molecule has 4 N–H and O–H groups in total. The van der Waals surface area contributed by atoms with Crippen molar-refractivity contribution in [1.29, 1.82) is 0 Å². The first-order valence-corrected chi connectivity index (χ1v) is 6.90. The van der Waals surface area contributed by atoms with Crippen LogP contribution in [0.4, 0.5) is 17.1 Å². The first-order chi connectivity index (χ1) is 8.99. The zero-order chi connectivity index (χ0) is 14.0. The number of carbonyl (C=O) groups excluding carboxylic acids is 2. The van der Waals surface area contributed by atoms with Crippen LogP contribution in [0, 0.1) is 5.92 Å². The summed E-state index contributed by atoms with van der Waals surface area (Å²) < 4.78 is 0. The maximum atomic E-state index is 12.0. The second kappa shape index (κ2) is 5.48. The number of rotatable bonds is 3. The highest BCUT2D eigenvalue weighted by Crippen LogP contribution is 2.33. The van der Waals surface area contributed by atoms with Gasteiger partial charge in [0.25, 0.3) is 0 Å². The number of anilines is 3. The van der Waals surface area contributed by atoms with E-state index in [1.807, 2.05) is 0 Å². The third-order valence-electron chi connectivity index (χ3n) is 3.02. The average molecular weight is 280 g/mol. The molecule has 0 saturated carbocycles. The van der Waals surface area contributed by atoms with Gasteiger partial charge < -0.3 is 16.4 Å². The van der Waals surface area contributed by atoms with Gasteiger partial charge in [0.2, 0.25) is 5.91 Å². The molecular weight excluding hydrogens is 264 g/mol. The number of nitrogens with zero attached hydrogens (tertiary/aromatic N) is 2. The molecule has 0 aliphatic carbocycles. The van der Waals surface area contributed by atoms with Gasteiger partial charge in [-0.1, -0.05) is 11.8 Å². The molecule has 19 heavy (non-hydrogen) atoms. The summed E-state index contributed by atoms with van der Waals surface area (Å²) in [4.78, 5) is 28.5. The predicted molar refractivity (Wildman–Crippen MR) is 76.7 cm³/mol. The summed E-state index contributed by atoms with van der Waals surface area (Å²) in [7, 11) is 0. The second-order valence-corrected chi connectivity index (χ2v) is 5.74. The fraction of sp³-hybridized carbons (Fsp3) is 0.417. The monoisotopic (exact) mass is 280 g/mol. The number of carbonyl (C=O) groups is 2. The number of amides is 1. The molecule has 1 saturated heterocycles. The van der Waals surface area contributed by atoms with Gasteiger partial charge in [-0.05, 0) is 5.92 Å². The molecule has 1 aromatic heterocycles. The minimum atomic E-state index is -0.00625. The van der Waals surface area contributed by atoms with Crippen molar-refractivity contribution < 1.29 is 9.59 Å². The molecular formula is C12H16N4O2S. The third kappa shape index (κ3) is 2.98. The van der Waals surface area contributed by atoms with E-state index in [0.29, 0.717) is 35.8 Å². The third-order valence-corrected chi connectivity index (χ3v) is 4.06. The quantitative estimate of drug-likeness (QED) is 0.852. The SMILES string of the molecule is CC(=O)SCC1CC(=O)N(c2cncc(N)c2N)C1. The standard InChI is InChI=1S/C12H16N4O2S/c1-7(17)19-6-8-2-11(18)16(5-8)10-4-15-3-9(13)12(10)14/h3-4,8H,2,5-6,13H2,1H3,(H2,14,15). The highest BCUT2D eigenvalue weighted by Gasteiger charge is 2.32. The van der Waals surface area contributed by atoms with Crippen molar-refractivity contribution in [1.82, 2.24) is 4.98 Å². The van der Waals surface area contributed by atoms with Crippen LogP contribution in [0.5, 0.6) is 0 Å². The summed E-state index contributed by atoms with van der Waals surface area (Å²) >= 11 is 1.25. The number of aromatic nitrogens is 1. The minimum Gasteiger partial charge on any atom is -0.396 e. The molecule has 6 nitrogen and oxygen atoms in total. The van der Waals surface area contributed by atoms with Gasteiger partial charge in [0, 0.05) is 25.6 Å². The van der Waals surface area contributed by atoms with Crippen molar-refractivity contribution in [2.75, 3.05) is 28.7 Å². The van der Waals surface area contributed by atoms with E-state index in [4.69, 9.17) is 11.5 Å². The Bertz CT molecular complexity index is 520. The van der Waals surface area contributed by atoms with E-state index in [0.717, 1.165) is 0 Å². The first-order valence-electron chi connectivity index (χ1n) is 5.91. The van der Waals surface area contributed by atoms with Gasteiger partial charge in [0.1, 0.15) is 0 Å². The number of nitrogens with two attached hydrogens (primary N) is 2. The van der Waals surface area contributed by atoms with Gasteiger partial charge in [-0.15, -0.1) is 0 Å². The molecule has 7 heteroatoms. The van der Waals surface area contributed by atoms with Crippen molar-refractivity contribution >= 4 is 39.8 Å². The number of nitrogen functional groups attached to an aromatic ring is 2. The fourth-order valence-electron chi connectivity index (χ4n) is 2.05. The molecule has 0 aromatic carbocycles. The molecule has 1 amide bonds. The van der Waals surface area contributed by atoms with Crippen molar-refractivity contribution in [2.24, 2.45) is 5.92 Å². The molecule has 0 bridgehead atoms. The highest BCUT2D eigenvalue weighted by molar-refractivity contribution is 8.13. The summed E-state index contributed by atoms with van der Waals surface area (Å²) in [5.74, 6) is 0.795. The molecule has 102 valence electrons. The number of thioether (sulfide) groups is 1. The van der Waals surface area contributed by atoms with Gasteiger partial charge in [-0.3, -0.25) is 14.6 Å². The summed E-state index contributed by atoms with van der Waals surface area (Å²) in [6.45, 7) is 2.08. The van der Waals surface area contributed by atoms with Gasteiger partial charge in [0.15, 0.2) is 5.12 Å². The van der Waals surface area contributed by atoms with E-state index >= 15 is 0 Å². The van der Waals surface area contributed by atoms with Crippen LogP contribution in [-0.2, 0) is 9.59 Å². The van der Waals surface area contributed by atoms with Crippen LogP contribution in [0.3, 0.4) is 0 Å². The molecule has 2 rings (SSSR count). The van der Waals surface area contributed by atoms with Crippen LogP contribution in [0.15, 0.2) is 12.4 Å².